The monoisotopic (exact) mass is 429 g/mol. The van der Waals surface area contributed by atoms with E-state index in [9.17, 15) is 9.59 Å². The van der Waals surface area contributed by atoms with E-state index in [0.717, 1.165) is 41.2 Å². The van der Waals surface area contributed by atoms with E-state index in [-0.39, 0.29) is 23.8 Å². The molecule has 2 amide bonds. The van der Waals surface area contributed by atoms with E-state index in [1.54, 1.807) is 13.3 Å². The zero-order chi connectivity index (χ0) is 22.2. The first kappa shape index (κ1) is 20.5. The molecular formula is C26H27N3O3. The summed E-state index contributed by atoms with van der Waals surface area (Å²) < 4.78 is 5.34. The van der Waals surface area contributed by atoms with E-state index in [1.807, 2.05) is 65.5 Å². The third-order valence-corrected chi connectivity index (χ3v) is 6.91. The number of hydrogen-bond donors (Lipinski definition) is 0. The van der Waals surface area contributed by atoms with Crippen LogP contribution in [0.25, 0.3) is 21.9 Å². The average molecular weight is 430 g/mol. The molecule has 2 atom stereocenters. The van der Waals surface area contributed by atoms with Crippen molar-refractivity contribution in [2.24, 2.45) is 5.92 Å². The number of rotatable bonds is 3. The number of aromatic nitrogens is 1. The van der Waals surface area contributed by atoms with E-state index in [0.29, 0.717) is 24.4 Å². The molecule has 3 aromatic rings. The minimum absolute atomic E-state index is 0.00322. The van der Waals surface area contributed by atoms with Crippen LogP contribution in [0.3, 0.4) is 0 Å². The highest BCUT2D eigenvalue weighted by molar-refractivity contribution is 6.10. The topological polar surface area (TPSA) is 62.7 Å². The molecular weight excluding hydrogens is 402 g/mol. The highest BCUT2D eigenvalue weighted by atomic mass is 16.5. The van der Waals surface area contributed by atoms with Crippen molar-refractivity contribution in [1.82, 2.24) is 14.8 Å². The van der Waals surface area contributed by atoms with Crippen molar-refractivity contribution in [3.8, 4) is 16.9 Å². The van der Waals surface area contributed by atoms with Crippen LogP contribution < -0.4 is 4.74 Å². The summed E-state index contributed by atoms with van der Waals surface area (Å²) in [5.41, 5.74) is 2.62. The normalized spacial score (nSPS) is 20.9. The summed E-state index contributed by atoms with van der Waals surface area (Å²) in [6.07, 6.45) is 6.33. The quantitative estimate of drug-likeness (QED) is 0.632. The minimum atomic E-state index is -0.107. The maximum absolute atomic E-state index is 13.7. The molecule has 2 bridgehead atoms. The highest BCUT2D eigenvalue weighted by Crippen LogP contribution is 2.33. The number of methoxy groups -OCH3 is 1. The Kier molecular flexibility index (Phi) is 5.29. The van der Waals surface area contributed by atoms with Gasteiger partial charge in [-0.15, -0.1) is 0 Å². The number of amides is 2. The molecule has 6 heteroatoms. The fourth-order valence-corrected chi connectivity index (χ4v) is 5.13. The highest BCUT2D eigenvalue weighted by Gasteiger charge is 2.38. The second-order valence-corrected chi connectivity index (χ2v) is 8.76. The Labute approximate surface area is 187 Å². The lowest BCUT2D eigenvalue weighted by Gasteiger charge is -2.30. The SMILES string of the molecule is COc1cncc(-c2cccc3c(C(=O)N4C[C@H]5CCC[C@@H](C4)N(C)C5=O)cccc23)c1. The van der Waals surface area contributed by atoms with Gasteiger partial charge in [0.05, 0.1) is 19.2 Å². The maximum atomic E-state index is 13.7. The molecule has 2 saturated heterocycles. The Hall–Kier alpha value is -3.41. The second kappa shape index (κ2) is 8.26. The summed E-state index contributed by atoms with van der Waals surface area (Å²) in [4.78, 5) is 34.5. The molecule has 0 aliphatic carbocycles. The maximum Gasteiger partial charge on any atom is 0.254 e. The van der Waals surface area contributed by atoms with E-state index < -0.39 is 0 Å². The zero-order valence-electron chi connectivity index (χ0n) is 18.5. The summed E-state index contributed by atoms with van der Waals surface area (Å²) in [6, 6.07) is 13.9. The van der Waals surface area contributed by atoms with Gasteiger partial charge in [0, 0.05) is 43.5 Å². The lowest BCUT2D eigenvalue weighted by molar-refractivity contribution is -0.134. The van der Waals surface area contributed by atoms with Crippen LogP contribution in [-0.2, 0) is 4.79 Å². The van der Waals surface area contributed by atoms with Crippen molar-refractivity contribution in [2.45, 2.75) is 25.3 Å². The van der Waals surface area contributed by atoms with Gasteiger partial charge in [0.1, 0.15) is 5.75 Å². The second-order valence-electron chi connectivity index (χ2n) is 8.76. The molecule has 2 aliphatic rings. The van der Waals surface area contributed by atoms with Crippen molar-refractivity contribution in [2.75, 3.05) is 27.2 Å². The van der Waals surface area contributed by atoms with Gasteiger partial charge in [-0.05, 0) is 41.3 Å². The predicted octanol–water partition coefficient (Wildman–Crippen LogP) is 3.99. The van der Waals surface area contributed by atoms with Crippen molar-refractivity contribution >= 4 is 22.6 Å². The van der Waals surface area contributed by atoms with Gasteiger partial charge in [-0.1, -0.05) is 36.8 Å². The van der Waals surface area contributed by atoms with E-state index in [1.165, 1.54) is 0 Å². The van der Waals surface area contributed by atoms with Crippen molar-refractivity contribution < 1.29 is 14.3 Å². The van der Waals surface area contributed by atoms with Crippen LogP contribution in [0.5, 0.6) is 5.75 Å². The standard InChI is InChI=1S/C26H27N3O3/c1-28-19-7-3-6-17(25(28)30)15-29(16-19)26(31)24-11-5-9-22-21(8-4-10-23(22)24)18-12-20(32-2)14-27-13-18/h4-5,8-14,17,19H,3,6-7,15-16H2,1-2H3/t17-,19+/m1/s1. The Bertz CT molecular complexity index is 1190. The molecule has 2 aliphatic heterocycles. The van der Waals surface area contributed by atoms with Gasteiger partial charge in [0.25, 0.3) is 5.91 Å². The molecule has 3 heterocycles. The molecule has 0 unspecified atom stereocenters. The van der Waals surface area contributed by atoms with Gasteiger partial charge in [0.15, 0.2) is 0 Å². The molecule has 0 saturated carbocycles. The van der Waals surface area contributed by atoms with Crippen LogP contribution >= 0.6 is 0 Å². The van der Waals surface area contributed by atoms with E-state index in [2.05, 4.69) is 4.98 Å². The van der Waals surface area contributed by atoms with Gasteiger partial charge in [-0.2, -0.15) is 0 Å². The first-order valence-electron chi connectivity index (χ1n) is 11.1. The molecule has 5 rings (SSSR count). The molecule has 0 N–H and O–H groups in total. The van der Waals surface area contributed by atoms with Gasteiger partial charge >= 0.3 is 0 Å². The molecule has 164 valence electrons. The van der Waals surface area contributed by atoms with Crippen LogP contribution in [0, 0.1) is 5.92 Å². The molecule has 6 nitrogen and oxygen atoms in total. The molecule has 32 heavy (non-hydrogen) atoms. The smallest absolute Gasteiger partial charge is 0.254 e. The number of nitrogens with zero attached hydrogens (tertiary/aromatic N) is 3. The van der Waals surface area contributed by atoms with Crippen LogP contribution in [0.2, 0.25) is 0 Å². The zero-order valence-corrected chi connectivity index (χ0v) is 18.5. The van der Waals surface area contributed by atoms with Crippen LogP contribution in [0.15, 0.2) is 54.9 Å². The average Bonchev–Trinajstić information content (AvgIpc) is 3.02. The number of pyridine rings is 1. The number of fused-ring (bicyclic) bond motifs is 4. The van der Waals surface area contributed by atoms with Crippen LogP contribution in [0.4, 0.5) is 0 Å². The summed E-state index contributed by atoms with van der Waals surface area (Å²) in [5.74, 6) is 0.756. The minimum Gasteiger partial charge on any atom is -0.495 e. The molecule has 0 radical (unpaired) electrons. The number of likely N-dealkylation sites (N-methyl/N-ethyl adjacent to an activating group) is 1. The molecule has 2 aromatic carbocycles. The Morgan fingerprint density at radius 1 is 1.06 bits per heavy atom. The Morgan fingerprint density at radius 2 is 1.88 bits per heavy atom. The first-order valence-corrected chi connectivity index (χ1v) is 11.1. The van der Waals surface area contributed by atoms with Crippen molar-refractivity contribution in [3.63, 3.8) is 0 Å². The summed E-state index contributed by atoms with van der Waals surface area (Å²) in [7, 11) is 3.51. The number of carbonyl (C=O) groups excluding carboxylic acids is 2. The Balaban J connectivity index is 1.55. The lowest BCUT2D eigenvalue weighted by Crippen LogP contribution is -2.42. The largest absolute Gasteiger partial charge is 0.495 e. The number of carbonyl (C=O) groups is 2. The fourth-order valence-electron chi connectivity index (χ4n) is 5.13. The summed E-state index contributed by atoms with van der Waals surface area (Å²) in [6.45, 7) is 1.09. The molecule has 2 fully saturated rings. The number of ether oxygens (including phenoxy) is 1. The van der Waals surface area contributed by atoms with Gasteiger partial charge in [-0.3, -0.25) is 14.6 Å². The molecule has 1 aromatic heterocycles. The van der Waals surface area contributed by atoms with E-state index in [4.69, 9.17) is 4.74 Å². The third kappa shape index (κ3) is 3.49. The summed E-state index contributed by atoms with van der Waals surface area (Å²) in [5, 5.41) is 1.91. The first-order chi connectivity index (χ1) is 15.6. The predicted molar refractivity (Wildman–Crippen MR) is 124 cm³/mol. The number of likely N-dealkylation sites (tertiary alicyclic amines) is 1. The summed E-state index contributed by atoms with van der Waals surface area (Å²) >= 11 is 0. The van der Waals surface area contributed by atoms with Crippen molar-refractivity contribution in [3.05, 3.63) is 60.4 Å². The number of benzene rings is 2. The van der Waals surface area contributed by atoms with Gasteiger partial charge in [0.2, 0.25) is 5.91 Å². The Morgan fingerprint density at radius 3 is 2.72 bits per heavy atom. The van der Waals surface area contributed by atoms with E-state index >= 15 is 0 Å². The lowest BCUT2D eigenvalue weighted by atomic mass is 9.95. The number of hydrogen-bond acceptors (Lipinski definition) is 4. The third-order valence-electron chi connectivity index (χ3n) is 6.91. The fraction of sp³-hybridized carbons (Fsp3) is 0.346. The van der Waals surface area contributed by atoms with Crippen LogP contribution in [-0.4, -0.2) is 59.9 Å². The van der Waals surface area contributed by atoms with Gasteiger partial charge in [-0.25, -0.2) is 0 Å². The van der Waals surface area contributed by atoms with Gasteiger partial charge < -0.3 is 14.5 Å². The van der Waals surface area contributed by atoms with Crippen LogP contribution in [0.1, 0.15) is 29.6 Å². The van der Waals surface area contributed by atoms with Crippen molar-refractivity contribution in [1.29, 1.82) is 0 Å². The molecule has 0 spiro atoms.